The molecule has 1 aromatic carbocycles. The maximum absolute atomic E-state index is 12.9. The number of benzene rings is 1. The molecule has 31 heavy (non-hydrogen) atoms. The number of aromatic nitrogens is 2. The van der Waals surface area contributed by atoms with Gasteiger partial charge in [-0.1, -0.05) is 23.2 Å². The lowest BCUT2D eigenvalue weighted by Crippen LogP contribution is -2.48. The summed E-state index contributed by atoms with van der Waals surface area (Å²) in [6.07, 6.45) is 0.693. The fourth-order valence-corrected chi connectivity index (χ4v) is 4.15. The number of hydrogen-bond acceptors (Lipinski definition) is 4. The van der Waals surface area contributed by atoms with E-state index in [1.54, 1.807) is 24.4 Å². The lowest BCUT2D eigenvalue weighted by Gasteiger charge is -2.33. The fraction of sp³-hybridized carbons (Fsp3) is 0.286. The summed E-state index contributed by atoms with van der Waals surface area (Å²) in [4.78, 5) is 31.8. The first kappa shape index (κ1) is 21.3. The van der Waals surface area contributed by atoms with Crippen LogP contribution in [0.2, 0.25) is 10.0 Å². The number of aryl methyl sites for hydroxylation is 1. The molecule has 3 heterocycles. The second kappa shape index (κ2) is 8.64. The number of fused-ring (bicyclic) bond motifs is 1. The van der Waals surface area contributed by atoms with Crippen molar-refractivity contribution in [3.8, 4) is 0 Å². The summed E-state index contributed by atoms with van der Waals surface area (Å²) in [5, 5.41) is 13.5. The highest BCUT2D eigenvalue weighted by Gasteiger charge is 2.21. The predicted molar refractivity (Wildman–Crippen MR) is 122 cm³/mol. The third-order valence-corrected chi connectivity index (χ3v) is 6.22. The second-order valence-corrected chi connectivity index (χ2v) is 7.97. The minimum absolute atomic E-state index is 0.269. The Hall–Kier alpha value is -2.97. The summed E-state index contributed by atoms with van der Waals surface area (Å²) in [7, 11) is 0. The van der Waals surface area contributed by atoms with Gasteiger partial charge in [0.1, 0.15) is 11.5 Å². The van der Waals surface area contributed by atoms with Crippen molar-refractivity contribution in [2.24, 2.45) is 0 Å². The van der Waals surface area contributed by atoms with Crippen LogP contribution in [0.1, 0.15) is 17.4 Å². The average molecular weight is 462 g/mol. The Balaban J connectivity index is 1.49. The van der Waals surface area contributed by atoms with Crippen molar-refractivity contribution >= 4 is 57.6 Å². The van der Waals surface area contributed by atoms with Crippen LogP contribution in [0.4, 0.5) is 16.3 Å². The first-order valence-electron chi connectivity index (χ1n) is 9.86. The molecule has 1 saturated heterocycles. The number of piperazine rings is 1. The molecule has 162 valence electrons. The van der Waals surface area contributed by atoms with Crippen molar-refractivity contribution in [2.45, 2.75) is 13.5 Å². The first-order valence-corrected chi connectivity index (χ1v) is 10.6. The highest BCUT2D eigenvalue weighted by molar-refractivity contribution is 6.45. The van der Waals surface area contributed by atoms with Gasteiger partial charge in [0.25, 0.3) is 5.91 Å². The second-order valence-electron chi connectivity index (χ2n) is 7.18. The molecular formula is C21H21Cl2N5O3. The number of carboxylic acid groups (broad SMARTS) is 1. The number of nitrogens with zero attached hydrogens (tertiary/aromatic N) is 4. The van der Waals surface area contributed by atoms with E-state index in [4.69, 9.17) is 28.3 Å². The summed E-state index contributed by atoms with van der Waals surface area (Å²) in [6, 6.07) is 8.92. The van der Waals surface area contributed by atoms with Crippen LogP contribution in [-0.2, 0) is 6.54 Å². The van der Waals surface area contributed by atoms with Gasteiger partial charge in [-0.2, -0.15) is 0 Å². The largest absolute Gasteiger partial charge is 0.465 e. The van der Waals surface area contributed by atoms with Gasteiger partial charge in [0.05, 0.1) is 27.4 Å². The molecule has 2 amide bonds. The smallest absolute Gasteiger partial charge is 0.407 e. The Morgan fingerprint density at radius 3 is 2.48 bits per heavy atom. The summed E-state index contributed by atoms with van der Waals surface area (Å²) >= 11 is 12.4. The molecule has 3 aromatic rings. The Kier molecular flexibility index (Phi) is 5.93. The van der Waals surface area contributed by atoms with E-state index in [1.807, 2.05) is 28.5 Å². The van der Waals surface area contributed by atoms with Gasteiger partial charge in [-0.25, -0.2) is 9.78 Å². The summed E-state index contributed by atoms with van der Waals surface area (Å²) in [5.74, 6) is 0.474. The number of anilines is 2. The predicted octanol–water partition coefficient (Wildman–Crippen LogP) is 4.42. The molecule has 2 aromatic heterocycles. The van der Waals surface area contributed by atoms with E-state index in [0.29, 0.717) is 54.2 Å². The number of halogens is 2. The van der Waals surface area contributed by atoms with Gasteiger partial charge >= 0.3 is 6.09 Å². The monoisotopic (exact) mass is 461 g/mol. The number of carbonyl (C=O) groups is 2. The first-order chi connectivity index (χ1) is 14.9. The van der Waals surface area contributed by atoms with Crippen LogP contribution in [0.3, 0.4) is 0 Å². The van der Waals surface area contributed by atoms with Crippen LogP contribution < -0.4 is 10.2 Å². The van der Waals surface area contributed by atoms with Crippen molar-refractivity contribution in [3.63, 3.8) is 0 Å². The minimum Gasteiger partial charge on any atom is -0.465 e. The molecule has 2 N–H and O–H groups in total. The molecule has 10 heteroatoms. The topological polar surface area (TPSA) is 90.7 Å². The van der Waals surface area contributed by atoms with Crippen molar-refractivity contribution in [1.29, 1.82) is 0 Å². The quantitative estimate of drug-likeness (QED) is 0.599. The van der Waals surface area contributed by atoms with Crippen molar-refractivity contribution in [2.75, 3.05) is 36.4 Å². The molecule has 0 radical (unpaired) electrons. The van der Waals surface area contributed by atoms with Gasteiger partial charge in [-0.3, -0.25) is 4.79 Å². The molecule has 0 bridgehead atoms. The number of carbonyl (C=O) groups excluding carboxylic acids is 1. The Labute approximate surface area is 189 Å². The molecule has 0 atom stereocenters. The van der Waals surface area contributed by atoms with Gasteiger partial charge in [-0.15, -0.1) is 0 Å². The number of rotatable bonds is 4. The molecule has 0 aliphatic carbocycles. The van der Waals surface area contributed by atoms with Gasteiger partial charge in [0.15, 0.2) is 0 Å². The summed E-state index contributed by atoms with van der Waals surface area (Å²) in [6.45, 7) is 4.58. The minimum atomic E-state index is -0.904. The third kappa shape index (κ3) is 4.13. The summed E-state index contributed by atoms with van der Waals surface area (Å²) < 4.78 is 1.89. The molecule has 4 rings (SSSR count). The van der Waals surface area contributed by atoms with Crippen LogP contribution in [0.5, 0.6) is 0 Å². The number of nitrogens with one attached hydrogen (secondary N) is 1. The van der Waals surface area contributed by atoms with E-state index >= 15 is 0 Å². The normalized spacial score (nSPS) is 14.2. The van der Waals surface area contributed by atoms with Gasteiger partial charge in [-0.05, 0) is 37.3 Å². The zero-order valence-electron chi connectivity index (χ0n) is 16.8. The standard InChI is InChI=1S/C21H21Cl2N5O3/c1-2-28-16-5-4-15(22)19(23)14(16)11-17(28)20(29)25-13-3-6-18(24-12-13)26-7-9-27(10-8-26)21(30)31/h3-6,11-12H,2,7-10H2,1H3,(H,25,29)(H,30,31). The highest BCUT2D eigenvalue weighted by Crippen LogP contribution is 2.33. The summed E-state index contributed by atoms with van der Waals surface area (Å²) in [5.41, 5.74) is 1.89. The van der Waals surface area contributed by atoms with E-state index in [-0.39, 0.29) is 5.91 Å². The number of pyridine rings is 1. The molecule has 0 spiro atoms. The van der Waals surface area contributed by atoms with Crippen molar-refractivity contribution in [3.05, 3.63) is 52.3 Å². The molecule has 1 aliphatic heterocycles. The molecule has 0 saturated carbocycles. The van der Waals surface area contributed by atoms with Crippen LogP contribution in [0.15, 0.2) is 36.5 Å². The maximum atomic E-state index is 12.9. The fourth-order valence-electron chi connectivity index (χ4n) is 3.77. The molecule has 0 unspecified atom stereocenters. The lowest BCUT2D eigenvalue weighted by molar-refractivity contribution is 0.101. The van der Waals surface area contributed by atoms with Crippen LogP contribution in [0.25, 0.3) is 10.9 Å². The Morgan fingerprint density at radius 1 is 1.13 bits per heavy atom. The lowest BCUT2D eigenvalue weighted by atomic mass is 10.2. The zero-order chi connectivity index (χ0) is 22.1. The van der Waals surface area contributed by atoms with Gasteiger partial charge < -0.3 is 24.8 Å². The third-order valence-electron chi connectivity index (χ3n) is 5.40. The van der Waals surface area contributed by atoms with Crippen LogP contribution >= 0.6 is 23.2 Å². The average Bonchev–Trinajstić information content (AvgIpc) is 3.16. The molecular weight excluding hydrogens is 441 g/mol. The Bertz CT molecular complexity index is 1140. The Morgan fingerprint density at radius 2 is 1.87 bits per heavy atom. The van der Waals surface area contributed by atoms with E-state index in [2.05, 4.69) is 10.3 Å². The van der Waals surface area contributed by atoms with Crippen LogP contribution in [0, 0.1) is 0 Å². The van der Waals surface area contributed by atoms with E-state index < -0.39 is 6.09 Å². The van der Waals surface area contributed by atoms with Crippen molar-refractivity contribution < 1.29 is 14.7 Å². The zero-order valence-corrected chi connectivity index (χ0v) is 18.3. The molecule has 8 nitrogen and oxygen atoms in total. The molecule has 1 fully saturated rings. The van der Waals surface area contributed by atoms with E-state index in [1.165, 1.54) is 4.90 Å². The molecule has 1 aliphatic rings. The number of hydrogen-bond donors (Lipinski definition) is 2. The maximum Gasteiger partial charge on any atom is 0.407 e. The van der Waals surface area contributed by atoms with Gasteiger partial charge in [0, 0.05) is 38.1 Å². The van der Waals surface area contributed by atoms with E-state index in [0.717, 1.165) is 16.7 Å². The van der Waals surface area contributed by atoms with E-state index in [9.17, 15) is 9.59 Å². The van der Waals surface area contributed by atoms with Crippen LogP contribution in [-0.4, -0.2) is 57.7 Å². The highest BCUT2D eigenvalue weighted by atomic mass is 35.5. The van der Waals surface area contributed by atoms with Crippen molar-refractivity contribution in [1.82, 2.24) is 14.5 Å². The SMILES string of the molecule is CCn1c(C(=O)Nc2ccc(N3CCN(C(=O)O)CC3)nc2)cc2c(Cl)c(Cl)ccc21. The van der Waals surface area contributed by atoms with Gasteiger partial charge in [0.2, 0.25) is 0 Å². The number of amides is 2.